The molecule has 0 spiro atoms. The van der Waals surface area contributed by atoms with E-state index in [1.807, 2.05) is 31.2 Å². The van der Waals surface area contributed by atoms with Gasteiger partial charge in [-0.3, -0.25) is 14.3 Å². The SMILES string of the molecule is COC(=O)c1c(C)nc2ccn(-c3nccs3)c(=O)c2c1-c1cccc(C)c1. The Kier molecular flexibility index (Phi) is 4.52. The van der Waals surface area contributed by atoms with Crippen molar-refractivity contribution >= 4 is 28.2 Å². The number of fused-ring (bicyclic) bond motifs is 1. The number of hydrogen-bond acceptors (Lipinski definition) is 6. The van der Waals surface area contributed by atoms with Crippen molar-refractivity contribution in [3.05, 3.63) is 75.3 Å². The zero-order chi connectivity index (χ0) is 19.8. The number of hydrogen-bond donors (Lipinski definition) is 0. The Hall–Kier alpha value is -3.32. The maximum absolute atomic E-state index is 13.4. The number of methoxy groups -OCH3 is 1. The van der Waals surface area contributed by atoms with E-state index in [0.29, 0.717) is 32.9 Å². The molecule has 3 aromatic heterocycles. The van der Waals surface area contributed by atoms with Crippen LogP contribution in [0.2, 0.25) is 0 Å². The van der Waals surface area contributed by atoms with Crippen molar-refractivity contribution in [3.63, 3.8) is 0 Å². The monoisotopic (exact) mass is 391 g/mol. The molecule has 0 aliphatic heterocycles. The number of esters is 1. The van der Waals surface area contributed by atoms with Crippen LogP contribution in [0.15, 0.2) is 52.9 Å². The number of benzene rings is 1. The normalized spacial score (nSPS) is 11.0. The summed E-state index contributed by atoms with van der Waals surface area (Å²) in [5, 5.41) is 2.73. The van der Waals surface area contributed by atoms with Crippen molar-refractivity contribution < 1.29 is 9.53 Å². The molecule has 0 aliphatic carbocycles. The lowest BCUT2D eigenvalue weighted by Crippen LogP contribution is -2.20. The van der Waals surface area contributed by atoms with E-state index in [0.717, 1.165) is 11.1 Å². The molecule has 4 aromatic rings. The standard InChI is InChI=1S/C21H17N3O3S/c1-12-5-4-6-14(11-12)17-16(20(26)27-3)13(2)23-15-7-9-24(19(25)18(15)17)21-22-8-10-28-21/h4-11H,1-3H3. The van der Waals surface area contributed by atoms with Crippen LogP contribution < -0.4 is 5.56 Å². The molecular formula is C21H17N3O3S. The van der Waals surface area contributed by atoms with Crippen molar-refractivity contribution in [2.75, 3.05) is 7.11 Å². The fraction of sp³-hybridized carbons (Fsp3) is 0.143. The van der Waals surface area contributed by atoms with Gasteiger partial charge < -0.3 is 4.74 Å². The van der Waals surface area contributed by atoms with E-state index in [9.17, 15) is 9.59 Å². The van der Waals surface area contributed by atoms with Crippen LogP contribution in [-0.2, 0) is 4.74 Å². The first-order valence-electron chi connectivity index (χ1n) is 8.62. The second-order valence-electron chi connectivity index (χ2n) is 6.37. The van der Waals surface area contributed by atoms with E-state index >= 15 is 0 Å². The highest BCUT2D eigenvalue weighted by atomic mass is 32.1. The molecule has 4 rings (SSSR count). The van der Waals surface area contributed by atoms with E-state index in [-0.39, 0.29) is 5.56 Å². The molecule has 6 nitrogen and oxygen atoms in total. The Bertz CT molecular complexity index is 1260. The minimum atomic E-state index is -0.521. The van der Waals surface area contributed by atoms with Crippen LogP contribution in [0.3, 0.4) is 0 Å². The lowest BCUT2D eigenvalue weighted by Gasteiger charge is -2.15. The van der Waals surface area contributed by atoms with Gasteiger partial charge in [-0.15, -0.1) is 11.3 Å². The highest BCUT2D eigenvalue weighted by Crippen LogP contribution is 2.32. The van der Waals surface area contributed by atoms with Crippen molar-refractivity contribution in [1.29, 1.82) is 0 Å². The molecule has 0 radical (unpaired) electrons. The maximum atomic E-state index is 13.4. The van der Waals surface area contributed by atoms with Gasteiger partial charge in [0.15, 0.2) is 5.13 Å². The lowest BCUT2D eigenvalue weighted by atomic mass is 9.94. The summed E-state index contributed by atoms with van der Waals surface area (Å²) in [4.78, 5) is 34.8. The smallest absolute Gasteiger partial charge is 0.340 e. The second kappa shape index (κ2) is 7.01. The van der Waals surface area contributed by atoms with E-state index < -0.39 is 5.97 Å². The van der Waals surface area contributed by atoms with Gasteiger partial charge in [-0.25, -0.2) is 9.78 Å². The number of carbonyl (C=O) groups excluding carboxylic acids is 1. The number of thiazole rings is 1. The van der Waals surface area contributed by atoms with Crippen LogP contribution in [-0.4, -0.2) is 27.6 Å². The number of pyridine rings is 2. The lowest BCUT2D eigenvalue weighted by molar-refractivity contribution is 0.0600. The third-order valence-corrected chi connectivity index (χ3v) is 5.31. The fourth-order valence-corrected chi connectivity index (χ4v) is 3.95. The number of ether oxygens (including phenoxy) is 1. The van der Waals surface area contributed by atoms with Gasteiger partial charge in [0.1, 0.15) is 0 Å². The number of nitrogens with zero attached hydrogens (tertiary/aromatic N) is 3. The molecule has 7 heteroatoms. The van der Waals surface area contributed by atoms with Crippen LogP contribution in [0.1, 0.15) is 21.6 Å². The van der Waals surface area contributed by atoms with E-state index in [4.69, 9.17) is 4.74 Å². The minimum Gasteiger partial charge on any atom is -0.465 e. The quantitative estimate of drug-likeness (QED) is 0.495. The third kappa shape index (κ3) is 2.90. The Balaban J connectivity index is 2.19. The molecule has 28 heavy (non-hydrogen) atoms. The molecule has 0 amide bonds. The van der Waals surface area contributed by atoms with Crippen molar-refractivity contribution in [2.24, 2.45) is 0 Å². The number of rotatable bonds is 3. The number of aryl methyl sites for hydroxylation is 2. The molecule has 140 valence electrons. The van der Waals surface area contributed by atoms with Gasteiger partial charge in [-0.05, 0) is 25.5 Å². The predicted octanol–water partition coefficient (Wildman–Crippen LogP) is 3.91. The molecule has 0 unspecified atom stereocenters. The van der Waals surface area contributed by atoms with Crippen LogP contribution >= 0.6 is 11.3 Å². The van der Waals surface area contributed by atoms with Gasteiger partial charge in [0.05, 0.1) is 29.3 Å². The van der Waals surface area contributed by atoms with Crippen LogP contribution in [0, 0.1) is 13.8 Å². The maximum Gasteiger partial charge on any atom is 0.340 e. The van der Waals surface area contributed by atoms with Crippen molar-refractivity contribution in [3.8, 4) is 16.3 Å². The summed E-state index contributed by atoms with van der Waals surface area (Å²) in [7, 11) is 1.32. The topological polar surface area (TPSA) is 74.1 Å². The summed E-state index contributed by atoms with van der Waals surface area (Å²) in [6.07, 6.45) is 3.30. The Morgan fingerprint density at radius 3 is 2.71 bits per heavy atom. The molecule has 0 atom stereocenters. The van der Waals surface area contributed by atoms with E-state index in [2.05, 4.69) is 9.97 Å². The van der Waals surface area contributed by atoms with Crippen LogP contribution in [0.5, 0.6) is 0 Å². The summed E-state index contributed by atoms with van der Waals surface area (Å²) in [6.45, 7) is 3.71. The first-order valence-corrected chi connectivity index (χ1v) is 9.50. The number of aromatic nitrogens is 3. The van der Waals surface area contributed by atoms with Gasteiger partial charge in [0.2, 0.25) is 0 Å². The highest BCUT2D eigenvalue weighted by Gasteiger charge is 2.23. The van der Waals surface area contributed by atoms with Gasteiger partial charge in [0, 0.05) is 23.3 Å². The predicted molar refractivity (Wildman–Crippen MR) is 109 cm³/mol. The fourth-order valence-electron chi connectivity index (χ4n) is 3.32. The Labute approximate surface area is 165 Å². The van der Waals surface area contributed by atoms with Crippen molar-refractivity contribution in [2.45, 2.75) is 13.8 Å². The van der Waals surface area contributed by atoms with Gasteiger partial charge in [-0.2, -0.15) is 0 Å². The molecule has 0 saturated carbocycles. The summed E-state index contributed by atoms with van der Waals surface area (Å²) >= 11 is 1.36. The van der Waals surface area contributed by atoms with Gasteiger partial charge in [0.25, 0.3) is 5.56 Å². The molecule has 0 N–H and O–H groups in total. The third-order valence-electron chi connectivity index (χ3n) is 4.54. The van der Waals surface area contributed by atoms with E-state index in [1.54, 1.807) is 30.8 Å². The van der Waals surface area contributed by atoms with Crippen LogP contribution in [0.25, 0.3) is 27.2 Å². The summed E-state index contributed by atoms with van der Waals surface area (Å²) < 4.78 is 6.48. The highest BCUT2D eigenvalue weighted by molar-refractivity contribution is 7.12. The molecule has 0 saturated heterocycles. The summed E-state index contributed by atoms with van der Waals surface area (Å²) in [5.41, 5.74) is 3.39. The molecule has 3 heterocycles. The molecule has 0 fully saturated rings. The Morgan fingerprint density at radius 1 is 1.21 bits per heavy atom. The molecule has 0 aliphatic rings. The first kappa shape index (κ1) is 18.1. The minimum absolute atomic E-state index is 0.276. The second-order valence-corrected chi connectivity index (χ2v) is 7.25. The van der Waals surface area contributed by atoms with E-state index in [1.165, 1.54) is 23.0 Å². The van der Waals surface area contributed by atoms with Gasteiger partial charge >= 0.3 is 5.97 Å². The van der Waals surface area contributed by atoms with Crippen molar-refractivity contribution in [1.82, 2.24) is 14.5 Å². The van der Waals surface area contributed by atoms with Gasteiger partial charge in [-0.1, -0.05) is 29.8 Å². The average Bonchev–Trinajstić information content (AvgIpc) is 3.21. The zero-order valence-corrected chi connectivity index (χ0v) is 16.4. The number of carbonyl (C=O) groups is 1. The largest absolute Gasteiger partial charge is 0.465 e. The molecule has 0 bridgehead atoms. The first-order chi connectivity index (χ1) is 13.5. The summed E-state index contributed by atoms with van der Waals surface area (Å²) in [5.74, 6) is -0.521. The molecular weight excluding hydrogens is 374 g/mol. The van der Waals surface area contributed by atoms with Crippen LogP contribution in [0.4, 0.5) is 0 Å². The average molecular weight is 391 g/mol. The summed E-state index contributed by atoms with van der Waals surface area (Å²) in [6, 6.07) is 9.46. The molecule has 1 aromatic carbocycles. The Morgan fingerprint density at radius 2 is 2.04 bits per heavy atom. The zero-order valence-electron chi connectivity index (χ0n) is 15.6.